The van der Waals surface area contributed by atoms with Crippen LogP contribution in [0.25, 0.3) is 0 Å². The third kappa shape index (κ3) is 2.94. The van der Waals surface area contributed by atoms with Crippen molar-refractivity contribution in [3.63, 3.8) is 0 Å². The van der Waals surface area contributed by atoms with E-state index in [-0.39, 0.29) is 5.41 Å². The van der Waals surface area contributed by atoms with Crippen LogP contribution in [0.2, 0.25) is 13.1 Å². The molecule has 2 rings (SSSR count). The van der Waals surface area contributed by atoms with Crippen LogP contribution in [0.4, 0.5) is 0 Å². The molecule has 1 aliphatic carbocycles. The Balaban J connectivity index is 2.64. The highest BCUT2D eigenvalue weighted by atomic mass is 28.3. The Hall–Kier alpha value is -1.08. The lowest BCUT2D eigenvalue weighted by atomic mass is 9.87. The second-order valence-electron chi connectivity index (χ2n) is 8.15. The molecule has 0 radical (unpaired) electrons. The number of rotatable bonds is 2. The molecule has 0 N–H and O–H groups in total. The van der Waals surface area contributed by atoms with Crippen molar-refractivity contribution in [3.05, 3.63) is 51.7 Å². The van der Waals surface area contributed by atoms with Gasteiger partial charge in [0.05, 0.1) is 0 Å². The summed E-state index contributed by atoms with van der Waals surface area (Å²) in [7, 11) is -1.61. The maximum Gasteiger partial charge on any atom is 0.109 e. The first kappa shape index (κ1) is 16.3. The van der Waals surface area contributed by atoms with E-state index in [9.17, 15) is 0 Å². The summed E-state index contributed by atoms with van der Waals surface area (Å²) in [6.45, 7) is 18.9. The number of hydrogen-bond donors (Lipinski definition) is 0. The lowest BCUT2D eigenvalue weighted by molar-refractivity contribution is 0.516. The summed E-state index contributed by atoms with van der Waals surface area (Å²) in [6, 6.07) is 4.72. The maximum atomic E-state index is 2.53. The quantitative estimate of drug-likeness (QED) is 0.644. The van der Waals surface area contributed by atoms with Crippen molar-refractivity contribution in [2.24, 2.45) is 5.41 Å². The molecular weight excluding hydrogens is 268 g/mol. The molecule has 1 heteroatoms. The van der Waals surface area contributed by atoms with E-state index in [1.807, 2.05) is 0 Å². The van der Waals surface area contributed by atoms with Crippen molar-refractivity contribution in [2.75, 3.05) is 0 Å². The van der Waals surface area contributed by atoms with Crippen LogP contribution in [0.15, 0.2) is 35.1 Å². The average Bonchev–Trinajstić information content (AvgIpc) is 2.75. The zero-order valence-electron chi connectivity index (χ0n) is 15.0. The lowest BCUT2D eigenvalue weighted by Gasteiger charge is -2.33. The van der Waals surface area contributed by atoms with E-state index in [0.717, 1.165) is 6.42 Å². The summed E-state index contributed by atoms with van der Waals surface area (Å²) in [4.78, 5) is 0. The van der Waals surface area contributed by atoms with Crippen molar-refractivity contribution in [2.45, 2.75) is 61.1 Å². The third-order valence-corrected chi connectivity index (χ3v) is 8.82. The maximum absolute atomic E-state index is 2.53. The van der Waals surface area contributed by atoms with Gasteiger partial charge in [-0.25, -0.2) is 0 Å². The van der Waals surface area contributed by atoms with Gasteiger partial charge in [-0.3, -0.25) is 0 Å². The van der Waals surface area contributed by atoms with Gasteiger partial charge in [-0.2, -0.15) is 0 Å². The van der Waals surface area contributed by atoms with Crippen LogP contribution in [0, 0.1) is 26.2 Å². The molecule has 0 amide bonds. The molecule has 0 fully saturated rings. The molecule has 0 saturated carbocycles. The van der Waals surface area contributed by atoms with E-state index >= 15 is 0 Å². The Bertz CT molecular complexity index is 599. The number of allylic oxidation sites excluding steroid dienone is 4. The van der Waals surface area contributed by atoms with Crippen LogP contribution in [0.3, 0.4) is 0 Å². The fourth-order valence-corrected chi connectivity index (χ4v) is 8.29. The number of aryl methyl sites for hydroxylation is 3. The standard InChI is InChI=1S/C20H30Si/c1-14-12-15(2)19(16(3)13-14)21(7,8)18-11-9-10-17(18)20(4,5)6/h9-10,12-13H,11H2,1-8H3. The van der Waals surface area contributed by atoms with E-state index in [1.54, 1.807) is 16.0 Å². The summed E-state index contributed by atoms with van der Waals surface area (Å²) < 4.78 is 0. The van der Waals surface area contributed by atoms with Gasteiger partial charge in [0.2, 0.25) is 0 Å². The molecule has 0 aromatic heterocycles. The van der Waals surface area contributed by atoms with Gasteiger partial charge in [0, 0.05) is 0 Å². The first-order valence-corrected chi connectivity index (χ1v) is 11.0. The Labute approximate surface area is 132 Å². The van der Waals surface area contributed by atoms with E-state index in [0.29, 0.717) is 0 Å². The highest BCUT2D eigenvalue weighted by Crippen LogP contribution is 2.38. The smallest absolute Gasteiger partial charge is 0.0805 e. The third-order valence-electron chi connectivity index (χ3n) is 4.80. The predicted octanol–water partition coefficient (Wildman–Crippen LogP) is 5.37. The van der Waals surface area contributed by atoms with Crippen molar-refractivity contribution in [1.29, 1.82) is 0 Å². The summed E-state index contributed by atoms with van der Waals surface area (Å²) >= 11 is 0. The van der Waals surface area contributed by atoms with Crippen LogP contribution < -0.4 is 5.19 Å². The summed E-state index contributed by atoms with van der Waals surface area (Å²) in [5.74, 6) is 0. The van der Waals surface area contributed by atoms with Crippen molar-refractivity contribution in [3.8, 4) is 0 Å². The monoisotopic (exact) mass is 298 g/mol. The molecule has 0 bridgehead atoms. The summed E-state index contributed by atoms with van der Waals surface area (Å²) in [5.41, 5.74) is 6.18. The molecule has 1 aromatic carbocycles. The Morgan fingerprint density at radius 1 is 0.952 bits per heavy atom. The van der Waals surface area contributed by atoms with Gasteiger partial charge in [-0.1, -0.05) is 80.0 Å². The van der Waals surface area contributed by atoms with Crippen LogP contribution in [0.5, 0.6) is 0 Å². The zero-order chi connectivity index (χ0) is 16.0. The molecule has 0 aliphatic heterocycles. The van der Waals surface area contributed by atoms with E-state index in [1.165, 1.54) is 16.7 Å². The van der Waals surface area contributed by atoms with E-state index in [2.05, 4.69) is 78.9 Å². The molecule has 0 heterocycles. The summed E-state index contributed by atoms with van der Waals surface area (Å²) in [6.07, 6.45) is 5.89. The molecule has 0 spiro atoms. The predicted molar refractivity (Wildman–Crippen MR) is 98.0 cm³/mol. The normalized spacial score (nSPS) is 16.0. The van der Waals surface area contributed by atoms with Gasteiger partial charge < -0.3 is 0 Å². The lowest BCUT2D eigenvalue weighted by Crippen LogP contribution is -2.47. The minimum atomic E-state index is -1.61. The molecule has 0 unspecified atom stereocenters. The van der Waals surface area contributed by atoms with E-state index in [4.69, 9.17) is 0 Å². The molecular formula is C20H30Si. The molecule has 114 valence electrons. The van der Waals surface area contributed by atoms with Crippen LogP contribution in [0.1, 0.15) is 43.9 Å². The average molecular weight is 299 g/mol. The molecule has 0 saturated heterocycles. The molecule has 21 heavy (non-hydrogen) atoms. The molecule has 0 atom stereocenters. The second-order valence-corrected chi connectivity index (χ2v) is 12.5. The van der Waals surface area contributed by atoms with Crippen LogP contribution >= 0.6 is 0 Å². The van der Waals surface area contributed by atoms with Gasteiger partial charge in [0.25, 0.3) is 0 Å². The van der Waals surface area contributed by atoms with Crippen molar-refractivity contribution in [1.82, 2.24) is 0 Å². The highest BCUT2D eigenvalue weighted by Gasteiger charge is 2.36. The molecule has 1 aromatic rings. The van der Waals surface area contributed by atoms with Crippen molar-refractivity contribution < 1.29 is 0 Å². The largest absolute Gasteiger partial charge is 0.109 e. The van der Waals surface area contributed by atoms with Gasteiger partial charge in [-0.05, 0) is 43.4 Å². The van der Waals surface area contributed by atoms with Gasteiger partial charge in [0.15, 0.2) is 0 Å². The van der Waals surface area contributed by atoms with Crippen LogP contribution in [-0.4, -0.2) is 8.07 Å². The fraction of sp³-hybridized carbons (Fsp3) is 0.500. The molecule has 0 nitrogen and oxygen atoms in total. The number of hydrogen-bond acceptors (Lipinski definition) is 0. The number of benzene rings is 1. The fourth-order valence-electron chi connectivity index (χ4n) is 4.12. The zero-order valence-corrected chi connectivity index (χ0v) is 16.0. The minimum Gasteiger partial charge on any atom is -0.0805 e. The SMILES string of the molecule is Cc1cc(C)c([Si](C)(C)C2=C(C(C)(C)C)C=CC2)c(C)c1. The first-order chi connectivity index (χ1) is 9.55. The second kappa shape index (κ2) is 5.28. The molecule has 1 aliphatic rings. The van der Waals surface area contributed by atoms with Gasteiger partial charge >= 0.3 is 0 Å². The van der Waals surface area contributed by atoms with Gasteiger partial charge in [0.1, 0.15) is 8.07 Å². The Morgan fingerprint density at radius 3 is 1.95 bits per heavy atom. The first-order valence-electron chi connectivity index (χ1n) is 8.04. The Kier molecular flexibility index (Phi) is 4.09. The van der Waals surface area contributed by atoms with E-state index < -0.39 is 8.07 Å². The highest BCUT2D eigenvalue weighted by molar-refractivity contribution is 6.96. The Morgan fingerprint density at radius 2 is 1.48 bits per heavy atom. The minimum absolute atomic E-state index is 0.249. The summed E-state index contributed by atoms with van der Waals surface area (Å²) in [5, 5.41) is 3.37. The van der Waals surface area contributed by atoms with Crippen LogP contribution in [-0.2, 0) is 0 Å². The van der Waals surface area contributed by atoms with Gasteiger partial charge in [-0.15, -0.1) is 0 Å². The van der Waals surface area contributed by atoms with Crippen molar-refractivity contribution >= 4 is 13.3 Å². The topological polar surface area (TPSA) is 0 Å².